The van der Waals surface area contributed by atoms with Crippen LogP contribution in [0.15, 0.2) is 48.5 Å². The van der Waals surface area contributed by atoms with E-state index in [1.54, 1.807) is 6.07 Å². The van der Waals surface area contributed by atoms with Crippen LogP contribution in [0.4, 0.5) is 37.7 Å². The molecule has 0 saturated carbocycles. The molecule has 11 heteroatoms. The van der Waals surface area contributed by atoms with Crippen molar-refractivity contribution in [2.24, 2.45) is 0 Å². The molecule has 0 radical (unpaired) electrons. The van der Waals surface area contributed by atoms with E-state index in [0.717, 1.165) is 12.1 Å². The first-order valence-corrected chi connectivity index (χ1v) is 7.70. The summed E-state index contributed by atoms with van der Waals surface area (Å²) in [6.07, 6.45) is -9.33. The zero-order valence-electron chi connectivity index (χ0n) is 14.0. The normalized spacial score (nSPS) is 11.6. The molecule has 2 N–H and O–H groups in total. The van der Waals surface area contributed by atoms with Gasteiger partial charge in [0.1, 0.15) is 11.5 Å². The Bertz CT molecular complexity index is 791. The highest BCUT2D eigenvalue weighted by Crippen LogP contribution is 2.26. The predicted molar refractivity (Wildman–Crippen MR) is 88.2 cm³/mol. The van der Waals surface area contributed by atoms with Crippen LogP contribution in [-0.2, 0) is 4.79 Å². The van der Waals surface area contributed by atoms with Gasteiger partial charge in [-0.05, 0) is 36.4 Å². The summed E-state index contributed by atoms with van der Waals surface area (Å²) in [5, 5.41) is 5.05. The second kappa shape index (κ2) is 8.72. The summed E-state index contributed by atoms with van der Waals surface area (Å²) in [6, 6.07) is 10.2. The summed E-state index contributed by atoms with van der Waals surface area (Å²) >= 11 is 0. The van der Waals surface area contributed by atoms with E-state index < -0.39 is 30.8 Å². The van der Waals surface area contributed by atoms with Crippen molar-refractivity contribution in [3.8, 4) is 11.5 Å². The Balaban J connectivity index is 1.89. The van der Waals surface area contributed by atoms with E-state index in [2.05, 4.69) is 20.1 Å². The van der Waals surface area contributed by atoms with Crippen molar-refractivity contribution in [2.45, 2.75) is 12.5 Å². The molecule has 2 aromatic carbocycles. The van der Waals surface area contributed by atoms with Gasteiger partial charge >= 0.3 is 12.5 Å². The van der Waals surface area contributed by atoms with Crippen molar-refractivity contribution in [3.05, 3.63) is 48.5 Å². The second-order valence-corrected chi connectivity index (χ2v) is 5.37. The van der Waals surface area contributed by atoms with E-state index in [1.807, 2.05) is 0 Å². The average molecular weight is 408 g/mol. The molecule has 0 atom stereocenters. The second-order valence-electron chi connectivity index (χ2n) is 5.37. The number of carbonyl (C=O) groups is 1. The first-order chi connectivity index (χ1) is 13.0. The van der Waals surface area contributed by atoms with Crippen LogP contribution < -0.4 is 20.1 Å². The highest BCUT2D eigenvalue weighted by atomic mass is 19.4. The summed E-state index contributed by atoms with van der Waals surface area (Å²) in [6.45, 7) is -1.79. The van der Waals surface area contributed by atoms with Crippen molar-refractivity contribution < 1.29 is 40.6 Å². The third-order valence-electron chi connectivity index (χ3n) is 3.09. The fraction of sp³-hybridized carbons (Fsp3) is 0.235. The van der Waals surface area contributed by atoms with Crippen LogP contribution in [0.2, 0.25) is 0 Å². The van der Waals surface area contributed by atoms with Crippen LogP contribution in [0.3, 0.4) is 0 Å². The Hall–Kier alpha value is -3.11. The van der Waals surface area contributed by atoms with Crippen molar-refractivity contribution in [1.82, 2.24) is 0 Å². The maximum atomic E-state index is 12.3. The van der Waals surface area contributed by atoms with Gasteiger partial charge in [-0.15, -0.1) is 13.2 Å². The van der Waals surface area contributed by atoms with Gasteiger partial charge in [0.15, 0.2) is 6.61 Å². The van der Waals surface area contributed by atoms with E-state index in [-0.39, 0.29) is 23.7 Å². The van der Waals surface area contributed by atoms with Crippen molar-refractivity contribution >= 4 is 17.3 Å². The minimum Gasteiger partial charge on any atom is -0.482 e. The maximum Gasteiger partial charge on any atom is 0.573 e. The molecule has 5 nitrogen and oxygen atoms in total. The monoisotopic (exact) mass is 408 g/mol. The lowest BCUT2D eigenvalue weighted by molar-refractivity contribution is -0.274. The van der Waals surface area contributed by atoms with E-state index >= 15 is 0 Å². The minimum atomic E-state index is -4.82. The number of rotatable bonds is 7. The van der Waals surface area contributed by atoms with Crippen LogP contribution in [0.5, 0.6) is 11.5 Å². The van der Waals surface area contributed by atoms with Gasteiger partial charge in [0.05, 0.1) is 12.2 Å². The lowest BCUT2D eigenvalue weighted by atomic mass is 10.3. The molecular formula is C17H14F6N2O3. The molecule has 0 spiro atoms. The van der Waals surface area contributed by atoms with Crippen LogP contribution >= 0.6 is 0 Å². The number of amides is 1. The maximum absolute atomic E-state index is 12.3. The number of alkyl halides is 6. The molecule has 28 heavy (non-hydrogen) atoms. The standard InChI is InChI=1S/C17H14F6N2O3/c18-16(19,20)10-27-14-4-2-1-3-13(14)24-9-15(26)25-11-5-7-12(8-6-11)28-17(21,22)23/h1-8,24H,9-10H2,(H,25,26). The zero-order chi connectivity index (χ0) is 20.8. The summed E-state index contributed by atoms with van der Waals surface area (Å²) in [5.74, 6) is -1.10. The molecule has 0 aliphatic rings. The van der Waals surface area contributed by atoms with Crippen LogP contribution in [-0.4, -0.2) is 31.6 Å². The fourth-order valence-electron chi connectivity index (χ4n) is 2.02. The van der Waals surface area contributed by atoms with E-state index in [1.165, 1.54) is 30.3 Å². The van der Waals surface area contributed by atoms with Gasteiger partial charge in [0.2, 0.25) is 5.91 Å². The average Bonchev–Trinajstić information content (AvgIpc) is 2.58. The van der Waals surface area contributed by atoms with Gasteiger partial charge < -0.3 is 20.1 Å². The Morgan fingerprint density at radius 2 is 1.57 bits per heavy atom. The molecular weight excluding hydrogens is 394 g/mol. The van der Waals surface area contributed by atoms with E-state index in [4.69, 9.17) is 0 Å². The van der Waals surface area contributed by atoms with Gasteiger partial charge in [-0.2, -0.15) is 13.2 Å². The highest BCUT2D eigenvalue weighted by molar-refractivity contribution is 5.94. The molecule has 0 saturated heterocycles. The van der Waals surface area contributed by atoms with Gasteiger partial charge in [-0.3, -0.25) is 4.79 Å². The van der Waals surface area contributed by atoms with E-state index in [0.29, 0.717) is 0 Å². The highest BCUT2D eigenvalue weighted by Gasteiger charge is 2.31. The third kappa shape index (κ3) is 7.64. The summed E-state index contributed by atoms with van der Waals surface area (Å²) < 4.78 is 81.5. The van der Waals surface area contributed by atoms with E-state index in [9.17, 15) is 31.1 Å². The first-order valence-electron chi connectivity index (χ1n) is 7.70. The number of ether oxygens (including phenoxy) is 2. The summed E-state index contributed by atoms with van der Waals surface area (Å²) in [4.78, 5) is 11.9. The van der Waals surface area contributed by atoms with Gasteiger partial charge in [-0.25, -0.2) is 0 Å². The molecule has 1 amide bonds. The number of para-hydroxylation sites is 2. The lowest BCUT2D eigenvalue weighted by Crippen LogP contribution is -2.23. The topological polar surface area (TPSA) is 59.6 Å². The quantitative estimate of drug-likeness (QED) is 0.659. The Kier molecular flexibility index (Phi) is 6.60. The molecule has 0 unspecified atom stereocenters. The smallest absolute Gasteiger partial charge is 0.482 e. The first kappa shape index (κ1) is 21.2. The van der Waals surface area contributed by atoms with Crippen LogP contribution in [0.25, 0.3) is 0 Å². The Morgan fingerprint density at radius 3 is 2.18 bits per heavy atom. The molecule has 0 aromatic heterocycles. The number of hydrogen-bond donors (Lipinski definition) is 2. The van der Waals surface area contributed by atoms with Crippen LogP contribution in [0, 0.1) is 0 Å². The molecule has 2 aromatic rings. The van der Waals surface area contributed by atoms with Crippen molar-refractivity contribution in [3.63, 3.8) is 0 Å². The van der Waals surface area contributed by atoms with Crippen molar-refractivity contribution in [1.29, 1.82) is 0 Å². The number of anilines is 2. The number of carbonyl (C=O) groups excluding carboxylic acids is 1. The molecule has 0 aliphatic heterocycles. The van der Waals surface area contributed by atoms with Gasteiger partial charge in [-0.1, -0.05) is 12.1 Å². The molecule has 2 rings (SSSR count). The number of hydrogen-bond acceptors (Lipinski definition) is 4. The zero-order valence-corrected chi connectivity index (χ0v) is 14.0. The molecule has 0 fully saturated rings. The number of nitrogens with one attached hydrogen (secondary N) is 2. The number of benzene rings is 2. The number of halogens is 6. The molecule has 0 heterocycles. The molecule has 152 valence electrons. The largest absolute Gasteiger partial charge is 0.573 e. The minimum absolute atomic E-state index is 0.0822. The summed E-state index contributed by atoms with van der Waals surface area (Å²) in [7, 11) is 0. The van der Waals surface area contributed by atoms with Gasteiger partial charge in [0.25, 0.3) is 0 Å². The van der Waals surface area contributed by atoms with Crippen LogP contribution in [0.1, 0.15) is 0 Å². The van der Waals surface area contributed by atoms with Crippen molar-refractivity contribution in [2.75, 3.05) is 23.8 Å². The fourth-order valence-corrected chi connectivity index (χ4v) is 2.02. The van der Waals surface area contributed by atoms with Gasteiger partial charge in [0, 0.05) is 5.69 Å². The third-order valence-corrected chi connectivity index (χ3v) is 3.09. The Labute approximate surface area is 155 Å². The molecule has 0 aliphatic carbocycles. The SMILES string of the molecule is O=C(CNc1ccccc1OCC(F)(F)F)Nc1ccc(OC(F)(F)F)cc1. The Morgan fingerprint density at radius 1 is 0.929 bits per heavy atom. The molecule has 0 bridgehead atoms. The summed E-state index contributed by atoms with van der Waals surface area (Å²) in [5.41, 5.74) is 0.388. The predicted octanol–water partition coefficient (Wildman–Crippen LogP) is 4.58. The lowest BCUT2D eigenvalue weighted by Gasteiger charge is -2.14.